The molecule has 1 saturated heterocycles. The van der Waals surface area contributed by atoms with Crippen molar-refractivity contribution in [2.75, 3.05) is 31.6 Å². The monoisotopic (exact) mass is 312 g/mol. The van der Waals surface area contributed by atoms with E-state index in [-0.39, 0.29) is 6.10 Å². The van der Waals surface area contributed by atoms with Crippen molar-refractivity contribution >= 4 is 11.6 Å². The largest absolute Gasteiger partial charge is 0.456 e. The van der Waals surface area contributed by atoms with Crippen molar-refractivity contribution in [3.05, 3.63) is 29.8 Å². The summed E-state index contributed by atoms with van der Waals surface area (Å²) in [5.41, 5.74) is 2.07. The maximum Gasteiger partial charge on any atom is 0.211 e. The minimum Gasteiger partial charge on any atom is -0.456 e. The van der Waals surface area contributed by atoms with Crippen LogP contribution in [0.3, 0.4) is 0 Å². The quantitative estimate of drug-likeness (QED) is 0.804. The van der Waals surface area contributed by atoms with Gasteiger partial charge in [0.15, 0.2) is 6.73 Å². The van der Waals surface area contributed by atoms with Gasteiger partial charge < -0.3 is 14.2 Å². The molecule has 0 aromatic heterocycles. The van der Waals surface area contributed by atoms with E-state index in [2.05, 4.69) is 16.9 Å². The number of ether oxygens (including phenoxy) is 3. The molecule has 1 saturated carbocycles. The molecular formula is C18H20N2O3. The van der Waals surface area contributed by atoms with Crippen LogP contribution in [-0.4, -0.2) is 38.6 Å². The lowest BCUT2D eigenvalue weighted by Crippen LogP contribution is -2.30. The van der Waals surface area contributed by atoms with Crippen molar-refractivity contribution < 1.29 is 14.2 Å². The minimum atomic E-state index is 0.0440. The Kier molecular flexibility index (Phi) is 4.18. The SMILES string of the molecule is C(#CC1CC1)c1ccc(N2COC(CC3COCCO3)=N2)cc1. The maximum absolute atomic E-state index is 5.65. The molecule has 4 rings (SSSR count). The highest BCUT2D eigenvalue weighted by atomic mass is 16.6. The molecule has 0 amide bonds. The second kappa shape index (κ2) is 6.61. The van der Waals surface area contributed by atoms with Gasteiger partial charge >= 0.3 is 0 Å². The summed E-state index contributed by atoms with van der Waals surface area (Å²) in [7, 11) is 0. The smallest absolute Gasteiger partial charge is 0.211 e. The van der Waals surface area contributed by atoms with E-state index in [9.17, 15) is 0 Å². The summed E-state index contributed by atoms with van der Waals surface area (Å²) in [6, 6.07) is 8.15. The number of benzene rings is 1. The standard InChI is InChI=1S/C18H20N2O3/c1-2-14(1)3-4-15-5-7-16(8-6-15)20-13-23-18(19-20)11-17-12-21-9-10-22-17/h5-8,14,17H,1-2,9-13H2. The van der Waals surface area contributed by atoms with E-state index < -0.39 is 0 Å². The second-order valence-corrected chi connectivity index (χ2v) is 6.03. The van der Waals surface area contributed by atoms with Crippen LogP contribution in [-0.2, 0) is 14.2 Å². The van der Waals surface area contributed by atoms with Crippen LogP contribution in [0.5, 0.6) is 0 Å². The molecule has 0 spiro atoms. The fourth-order valence-corrected chi connectivity index (χ4v) is 2.54. The van der Waals surface area contributed by atoms with Crippen molar-refractivity contribution in [2.45, 2.75) is 25.4 Å². The zero-order valence-electron chi connectivity index (χ0n) is 13.0. The Balaban J connectivity index is 1.37. The molecule has 1 atom stereocenters. The molecule has 0 radical (unpaired) electrons. The molecule has 5 heteroatoms. The van der Waals surface area contributed by atoms with Gasteiger partial charge in [0.2, 0.25) is 5.90 Å². The van der Waals surface area contributed by atoms with Crippen molar-refractivity contribution in [1.29, 1.82) is 0 Å². The van der Waals surface area contributed by atoms with Crippen molar-refractivity contribution in [1.82, 2.24) is 0 Å². The van der Waals surface area contributed by atoms with E-state index >= 15 is 0 Å². The van der Waals surface area contributed by atoms with Gasteiger partial charge in [-0.05, 0) is 37.1 Å². The zero-order valence-corrected chi connectivity index (χ0v) is 13.0. The number of anilines is 1. The molecule has 1 aliphatic carbocycles. The Bertz CT molecular complexity index is 634. The summed E-state index contributed by atoms with van der Waals surface area (Å²) in [5.74, 6) is 7.83. The van der Waals surface area contributed by atoms with Gasteiger partial charge in [0.1, 0.15) is 0 Å². The molecule has 0 N–H and O–H groups in total. The van der Waals surface area contributed by atoms with Crippen LogP contribution in [0, 0.1) is 17.8 Å². The normalized spacial score (nSPS) is 23.7. The van der Waals surface area contributed by atoms with Gasteiger partial charge in [-0.2, -0.15) is 0 Å². The Labute approximate surface area is 136 Å². The Morgan fingerprint density at radius 2 is 2.04 bits per heavy atom. The molecule has 5 nitrogen and oxygen atoms in total. The van der Waals surface area contributed by atoms with Crippen molar-refractivity contribution in [3.63, 3.8) is 0 Å². The van der Waals surface area contributed by atoms with Crippen molar-refractivity contribution in [2.24, 2.45) is 11.0 Å². The number of hydrogen-bond acceptors (Lipinski definition) is 5. The summed E-state index contributed by atoms with van der Waals surface area (Å²) in [5, 5.41) is 6.38. The van der Waals surface area contributed by atoms with E-state index in [1.807, 2.05) is 29.3 Å². The highest BCUT2D eigenvalue weighted by Crippen LogP contribution is 2.27. The first-order valence-corrected chi connectivity index (χ1v) is 8.15. The van der Waals surface area contributed by atoms with Gasteiger partial charge in [-0.1, -0.05) is 11.8 Å². The third-order valence-corrected chi connectivity index (χ3v) is 4.04. The van der Waals surface area contributed by atoms with Gasteiger partial charge in [0.05, 0.1) is 38.0 Å². The molecular weight excluding hydrogens is 292 g/mol. The Morgan fingerprint density at radius 1 is 1.17 bits per heavy atom. The number of hydrazone groups is 1. The second-order valence-electron chi connectivity index (χ2n) is 6.03. The van der Waals surface area contributed by atoms with Gasteiger partial charge in [-0.25, -0.2) is 5.01 Å². The minimum absolute atomic E-state index is 0.0440. The summed E-state index contributed by atoms with van der Waals surface area (Å²) in [6.07, 6.45) is 3.21. The predicted molar refractivity (Wildman–Crippen MR) is 87.1 cm³/mol. The molecule has 23 heavy (non-hydrogen) atoms. The molecule has 120 valence electrons. The lowest BCUT2D eigenvalue weighted by Gasteiger charge is -2.22. The van der Waals surface area contributed by atoms with Gasteiger partial charge in [0, 0.05) is 11.5 Å². The van der Waals surface area contributed by atoms with E-state index in [0.29, 0.717) is 44.8 Å². The summed E-state index contributed by atoms with van der Waals surface area (Å²) < 4.78 is 16.7. The highest BCUT2D eigenvalue weighted by molar-refractivity contribution is 5.79. The average molecular weight is 312 g/mol. The number of rotatable bonds is 3. The molecule has 2 aliphatic heterocycles. The summed E-state index contributed by atoms with van der Waals surface area (Å²) in [6.45, 7) is 2.36. The molecule has 1 aromatic carbocycles. The van der Waals surface area contributed by atoms with Crippen molar-refractivity contribution in [3.8, 4) is 11.8 Å². The van der Waals surface area contributed by atoms with E-state index in [1.54, 1.807) is 0 Å². The van der Waals surface area contributed by atoms with E-state index in [4.69, 9.17) is 14.2 Å². The Hall–Kier alpha value is -2.03. The van der Waals surface area contributed by atoms with Crippen LogP contribution < -0.4 is 5.01 Å². The highest BCUT2D eigenvalue weighted by Gasteiger charge is 2.23. The average Bonchev–Trinajstić information content (AvgIpc) is 3.32. The van der Waals surface area contributed by atoms with E-state index in [0.717, 1.165) is 11.3 Å². The van der Waals surface area contributed by atoms with Crippen LogP contribution in [0.4, 0.5) is 5.69 Å². The van der Waals surface area contributed by atoms with Crippen LogP contribution in [0.2, 0.25) is 0 Å². The fourth-order valence-electron chi connectivity index (χ4n) is 2.54. The zero-order chi connectivity index (χ0) is 15.5. The topological polar surface area (TPSA) is 43.3 Å². The molecule has 1 unspecified atom stereocenters. The number of nitrogens with zero attached hydrogens (tertiary/aromatic N) is 2. The van der Waals surface area contributed by atoms with Crippen LogP contribution in [0.1, 0.15) is 24.8 Å². The van der Waals surface area contributed by atoms with Crippen LogP contribution in [0.15, 0.2) is 29.4 Å². The van der Waals surface area contributed by atoms with Crippen LogP contribution in [0.25, 0.3) is 0 Å². The lowest BCUT2D eigenvalue weighted by molar-refractivity contribution is -0.0857. The van der Waals surface area contributed by atoms with Gasteiger partial charge in [0.25, 0.3) is 0 Å². The number of hydrogen-bond donors (Lipinski definition) is 0. The maximum atomic E-state index is 5.65. The molecule has 2 heterocycles. The summed E-state index contributed by atoms with van der Waals surface area (Å²) >= 11 is 0. The third-order valence-electron chi connectivity index (χ3n) is 4.04. The van der Waals surface area contributed by atoms with E-state index in [1.165, 1.54) is 12.8 Å². The van der Waals surface area contributed by atoms with Gasteiger partial charge in [-0.3, -0.25) is 0 Å². The van der Waals surface area contributed by atoms with Crippen LogP contribution >= 0.6 is 0 Å². The first kappa shape index (κ1) is 14.6. The molecule has 3 aliphatic rings. The first-order chi connectivity index (χ1) is 11.4. The third kappa shape index (κ3) is 3.84. The predicted octanol–water partition coefficient (Wildman–Crippen LogP) is 2.36. The first-order valence-electron chi connectivity index (χ1n) is 8.15. The molecule has 0 bridgehead atoms. The van der Waals surface area contributed by atoms with Gasteiger partial charge in [-0.15, -0.1) is 5.10 Å². The molecule has 2 fully saturated rings. The summed E-state index contributed by atoms with van der Waals surface area (Å²) in [4.78, 5) is 0. The Morgan fingerprint density at radius 3 is 2.78 bits per heavy atom. The molecule has 1 aromatic rings. The fraction of sp³-hybridized carbons (Fsp3) is 0.500. The lowest BCUT2D eigenvalue weighted by atomic mass is 10.2.